The van der Waals surface area contributed by atoms with E-state index in [1.54, 1.807) is 13.1 Å². The number of aromatic amines is 2. The van der Waals surface area contributed by atoms with Gasteiger partial charge in [-0.05, 0) is 30.2 Å². The highest BCUT2D eigenvalue weighted by atomic mass is 16.5. The van der Waals surface area contributed by atoms with E-state index in [9.17, 15) is 14.4 Å². The Kier molecular flexibility index (Phi) is 10.0. The number of ketones is 1. The van der Waals surface area contributed by atoms with Gasteiger partial charge in [-0.1, -0.05) is 36.4 Å². The van der Waals surface area contributed by atoms with Gasteiger partial charge in [0.2, 0.25) is 5.78 Å². The fraction of sp³-hybridized carbons (Fsp3) is 0.240. The number of rotatable bonds is 7. The van der Waals surface area contributed by atoms with E-state index < -0.39 is 17.8 Å². The molecule has 1 atom stereocenters. The Balaban J connectivity index is 0.000000225. The van der Waals surface area contributed by atoms with Crippen LogP contribution in [-0.2, 0) is 32.0 Å². The average Bonchev–Trinajstić information content (AvgIpc) is 3.45. The Morgan fingerprint density at radius 1 is 0.912 bits per heavy atom. The number of ether oxygens (including phenoxy) is 1. The summed E-state index contributed by atoms with van der Waals surface area (Å²) in [5.41, 5.74) is 9.52. The Morgan fingerprint density at radius 2 is 1.41 bits per heavy atom. The van der Waals surface area contributed by atoms with Gasteiger partial charge in [0.15, 0.2) is 0 Å². The van der Waals surface area contributed by atoms with Gasteiger partial charge in [-0.3, -0.25) is 9.59 Å². The number of aliphatic hydroxyl groups excluding tert-OH is 1. The number of hydrogen-bond donors (Lipinski definition) is 5. The maximum absolute atomic E-state index is 11.4. The summed E-state index contributed by atoms with van der Waals surface area (Å²) in [6.07, 6.45) is 3.98. The number of hydrogen-bond acceptors (Lipinski definition) is 6. The first-order valence-electron chi connectivity index (χ1n) is 10.6. The molecule has 0 fully saturated rings. The highest BCUT2D eigenvalue weighted by Gasteiger charge is 2.17. The number of nitrogens with two attached hydrogens (primary N) is 1. The van der Waals surface area contributed by atoms with Crippen molar-refractivity contribution in [3.8, 4) is 0 Å². The number of carbonyl (C=O) groups is 3. The molecule has 9 nitrogen and oxygen atoms in total. The van der Waals surface area contributed by atoms with Crippen molar-refractivity contribution in [2.24, 2.45) is 5.73 Å². The van der Waals surface area contributed by atoms with Crippen LogP contribution in [0.5, 0.6) is 0 Å². The summed E-state index contributed by atoms with van der Waals surface area (Å²) in [5.74, 6) is -2.53. The topological polar surface area (TPSA) is 158 Å². The lowest BCUT2D eigenvalue weighted by atomic mass is 10.1. The van der Waals surface area contributed by atoms with Gasteiger partial charge in [0.25, 0.3) is 0 Å². The van der Waals surface area contributed by atoms with Crippen LogP contribution in [0.2, 0.25) is 0 Å². The molecular weight excluding hydrogens is 438 g/mol. The van der Waals surface area contributed by atoms with Gasteiger partial charge in [-0.2, -0.15) is 0 Å². The number of carboxylic acids is 1. The van der Waals surface area contributed by atoms with Crippen LogP contribution in [0.15, 0.2) is 60.9 Å². The standard InChI is InChI=1S/C13H16N2O2.C11H9NO3.CH4O/c1-2-17-13(16)11(14)7-9-8-15-12-6-4-3-5-10(9)12;13-10(11(14)15)5-7-6-12-9-4-2-1-3-8(7)9;1-2/h3-6,8,11,15H,2,7,14H2,1H3;1-4,6,12H,5H2,(H,14,15);2H,1H3. The third kappa shape index (κ3) is 6.77. The van der Waals surface area contributed by atoms with Crippen molar-refractivity contribution < 1.29 is 29.3 Å². The van der Waals surface area contributed by atoms with E-state index in [2.05, 4.69) is 9.97 Å². The molecule has 2 aromatic heterocycles. The van der Waals surface area contributed by atoms with Crippen LogP contribution in [0, 0.1) is 0 Å². The Morgan fingerprint density at radius 3 is 1.94 bits per heavy atom. The monoisotopic (exact) mass is 467 g/mol. The number of carboxylic acid groups (broad SMARTS) is 1. The summed E-state index contributed by atoms with van der Waals surface area (Å²) in [6.45, 7) is 2.14. The molecule has 0 aliphatic heterocycles. The predicted octanol–water partition coefficient (Wildman–Crippen LogP) is 2.57. The zero-order chi connectivity index (χ0) is 25.1. The molecule has 0 aliphatic carbocycles. The summed E-state index contributed by atoms with van der Waals surface area (Å²) in [6, 6.07) is 14.8. The Hall–Kier alpha value is -3.95. The normalized spacial score (nSPS) is 11.1. The number of esters is 1. The molecule has 2 aromatic carbocycles. The molecule has 0 saturated carbocycles. The quantitative estimate of drug-likeness (QED) is 0.206. The molecule has 34 heavy (non-hydrogen) atoms. The molecule has 1 unspecified atom stereocenters. The summed E-state index contributed by atoms with van der Waals surface area (Å²) in [5, 5.41) is 17.5. The third-order valence-electron chi connectivity index (χ3n) is 4.97. The van der Waals surface area contributed by atoms with Crippen LogP contribution < -0.4 is 5.73 Å². The number of H-pyrrole nitrogens is 2. The third-order valence-corrected chi connectivity index (χ3v) is 4.97. The van der Waals surface area contributed by atoms with Gasteiger partial charge in [0.1, 0.15) is 6.04 Å². The smallest absolute Gasteiger partial charge is 0.372 e. The predicted molar refractivity (Wildman–Crippen MR) is 129 cm³/mol. The molecule has 0 amide bonds. The van der Waals surface area contributed by atoms with Crippen molar-refractivity contribution in [3.05, 3.63) is 72.1 Å². The van der Waals surface area contributed by atoms with E-state index in [1.807, 2.05) is 54.7 Å². The number of Topliss-reactive ketones (excluding diaryl/α,β-unsaturated/α-hetero) is 1. The lowest BCUT2D eigenvalue weighted by Crippen LogP contribution is -2.34. The van der Waals surface area contributed by atoms with Crippen molar-refractivity contribution in [3.63, 3.8) is 0 Å². The Bertz CT molecular complexity index is 1240. The molecule has 180 valence electrons. The number of aliphatic carboxylic acids is 1. The summed E-state index contributed by atoms with van der Waals surface area (Å²) in [4.78, 5) is 39.0. The molecule has 0 bridgehead atoms. The number of carbonyl (C=O) groups excluding carboxylic acids is 2. The highest BCUT2D eigenvalue weighted by molar-refractivity contribution is 6.33. The first kappa shape index (κ1) is 26.3. The molecule has 4 rings (SSSR count). The zero-order valence-electron chi connectivity index (χ0n) is 19.1. The largest absolute Gasteiger partial charge is 0.475 e. The number of para-hydroxylation sites is 2. The van der Waals surface area contributed by atoms with Crippen LogP contribution >= 0.6 is 0 Å². The average molecular weight is 468 g/mol. The number of aliphatic hydroxyl groups is 1. The van der Waals surface area contributed by atoms with Crippen molar-refractivity contribution in [1.29, 1.82) is 0 Å². The van der Waals surface area contributed by atoms with E-state index in [1.165, 1.54) is 0 Å². The maximum Gasteiger partial charge on any atom is 0.372 e. The van der Waals surface area contributed by atoms with Crippen LogP contribution in [-0.4, -0.2) is 57.7 Å². The number of nitrogens with one attached hydrogen (secondary N) is 2. The SMILES string of the molecule is CCOC(=O)C(N)Cc1c[nH]c2ccccc12.CO.O=C(O)C(=O)Cc1c[nH]c2ccccc12. The Labute approximate surface area is 196 Å². The van der Waals surface area contributed by atoms with Gasteiger partial charge in [-0.15, -0.1) is 0 Å². The van der Waals surface area contributed by atoms with E-state index >= 15 is 0 Å². The molecule has 2 heterocycles. The number of aromatic nitrogens is 2. The molecule has 0 spiro atoms. The molecule has 9 heteroatoms. The van der Waals surface area contributed by atoms with Crippen LogP contribution in [0.3, 0.4) is 0 Å². The van der Waals surface area contributed by atoms with E-state index in [4.69, 9.17) is 20.7 Å². The molecule has 0 aliphatic rings. The fourth-order valence-electron chi connectivity index (χ4n) is 3.40. The summed E-state index contributed by atoms with van der Waals surface area (Å²) >= 11 is 0. The minimum Gasteiger partial charge on any atom is -0.475 e. The second kappa shape index (κ2) is 12.9. The minimum atomic E-state index is -1.39. The van der Waals surface area contributed by atoms with Gasteiger partial charge < -0.3 is 30.7 Å². The van der Waals surface area contributed by atoms with Gasteiger partial charge in [-0.25, -0.2) is 4.79 Å². The van der Waals surface area contributed by atoms with Gasteiger partial charge in [0, 0.05) is 54.2 Å². The molecular formula is C25H29N3O6. The lowest BCUT2D eigenvalue weighted by Gasteiger charge is -2.09. The molecule has 0 radical (unpaired) electrons. The molecule has 4 aromatic rings. The first-order chi connectivity index (χ1) is 16.4. The lowest BCUT2D eigenvalue weighted by molar-refractivity contribution is -0.148. The van der Waals surface area contributed by atoms with Crippen molar-refractivity contribution >= 4 is 39.5 Å². The number of fused-ring (bicyclic) bond motifs is 2. The van der Waals surface area contributed by atoms with Crippen LogP contribution in [0.1, 0.15) is 18.1 Å². The minimum absolute atomic E-state index is 0.0701. The van der Waals surface area contributed by atoms with E-state index in [-0.39, 0.29) is 12.4 Å². The summed E-state index contributed by atoms with van der Waals surface area (Å²) < 4.78 is 4.89. The van der Waals surface area contributed by atoms with E-state index in [0.29, 0.717) is 13.0 Å². The van der Waals surface area contributed by atoms with Gasteiger partial charge >= 0.3 is 11.9 Å². The molecule has 6 N–H and O–H groups in total. The van der Waals surface area contributed by atoms with Crippen LogP contribution in [0.4, 0.5) is 0 Å². The molecule has 0 saturated heterocycles. The van der Waals surface area contributed by atoms with Crippen LogP contribution in [0.25, 0.3) is 21.8 Å². The van der Waals surface area contributed by atoms with E-state index in [0.717, 1.165) is 40.0 Å². The zero-order valence-corrected chi connectivity index (χ0v) is 19.1. The summed E-state index contributed by atoms with van der Waals surface area (Å²) in [7, 11) is 1.00. The second-order valence-electron chi connectivity index (χ2n) is 7.19. The highest BCUT2D eigenvalue weighted by Crippen LogP contribution is 2.19. The first-order valence-corrected chi connectivity index (χ1v) is 10.6. The fourth-order valence-corrected chi connectivity index (χ4v) is 3.40. The number of benzene rings is 2. The van der Waals surface area contributed by atoms with Crippen molar-refractivity contribution in [2.75, 3.05) is 13.7 Å². The van der Waals surface area contributed by atoms with Gasteiger partial charge in [0.05, 0.1) is 6.61 Å². The second-order valence-corrected chi connectivity index (χ2v) is 7.19. The van der Waals surface area contributed by atoms with Crippen molar-refractivity contribution in [2.45, 2.75) is 25.8 Å². The van der Waals surface area contributed by atoms with Crippen molar-refractivity contribution in [1.82, 2.24) is 9.97 Å². The maximum atomic E-state index is 11.4.